The van der Waals surface area contributed by atoms with E-state index in [1.54, 1.807) is 0 Å². The molecule has 0 unspecified atom stereocenters. The Balaban J connectivity index is 2.26. The van der Waals surface area contributed by atoms with Gasteiger partial charge < -0.3 is 4.98 Å². The summed E-state index contributed by atoms with van der Waals surface area (Å²) in [6.45, 7) is 2.03. The molecule has 1 aromatic heterocycles. The first-order valence-electron chi connectivity index (χ1n) is 6.69. The van der Waals surface area contributed by atoms with Gasteiger partial charge in [0.25, 0.3) is 0 Å². The monoisotopic (exact) mass is 285 g/mol. The van der Waals surface area contributed by atoms with E-state index >= 15 is 0 Å². The van der Waals surface area contributed by atoms with Gasteiger partial charge in [-0.05, 0) is 42.3 Å². The van der Waals surface area contributed by atoms with Crippen LogP contribution in [0.15, 0.2) is 36.4 Å². The predicted molar refractivity (Wildman–Crippen MR) is 78.4 cm³/mol. The van der Waals surface area contributed by atoms with Crippen molar-refractivity contribution in [3.63, 3.8) is 0 Å². The first-order valence-corrected chi connectivity index (χ1v) is 6.69. The SMILES string of the molecule is CCc1ccc2[nH]c(-c3ccc(F)c(F)c3)c(C=O)c2c1. The number of aromatic nitrogens is 1. The summed E-state index contributed by atoms with van der Waals surface area (Å²) in [6.07, 6.45) is 1.61. The molecule has 0 fully saturated rings. The third-order valence-electron chi connectivity index (χ3n) is 3.64. The van der Waals surface area contributed by atoms with E-state index in [4.69, 9.17) is 0 Å². The third kappa shape index (κ3) is 2.23. The standard InChI is InChI=1S/C17H13F2NO/c1-2-10-3-6-16-12(7-10)13(9-21)17(20-16)11-4-5-14(18)15(19)8-11/h3-9,20H,2H2,1H3. The minimum atomic E-state index is -0.933. The van der Waals surface area contributed by atoms with Crippen molar-refractivity contribution < 1.29 is 13.6 Å². The fourth-order valence-corrected chi connectivity index (χ4v) is 2.48. The molecule has 1 N–H and O–H groups in total. The summed E-state index contributed by atoms with van der Waals surface area (Å²) in [5.74, 6) is -1.84. The molecule has 0 aliphatic rings. The maximum atomic E-state index is 13.4. The highest BCUT2D eigenvalue weighted by molar-refractivity contribution is 6.04. The Hall–Kier alpha value is -2.49. The zero-order chi connectivity index (χ0) is 15.0. The molecule has 0 bridgehead atoms. The lowest BCUT2D eigenvalue weighted by atomic mass is 10.0. The van der Waals surface area contributed by atoms with Crippen molar-refractivity contribution >= 4 is 17.2 Å². The van der Waals surface area contributed by atoms with Crippen molar-refractivity contribution in [2.45, 2.75) is 13.3 Å². The normalized spacial score (nSPS) is 11.0. The van der Waals surface area contributed by atoms with Crippen LogP contribution in [0.2, 0.25) is 0 Å². The lowest BCUT2D eigenvalue weighted by molar-refractivity contribution is 0.112. The predicted octanol–water partition coefficient (Wildman–Crippen LogP) is 4.49. The van der Waals surface area contributed by atoms with Gasteiger partial charge in [0.15, 0.2) is 17.9 Å². The van der Waals surface area contributed by atoms with Gasteiger partial charge in [0, 0.05) is 22.0 Å². The van der Waals surface area contributed by atoms with Crippen LogP contribution >= 0.6 is 0 Å². The quantitative estimate of drug-likeness (QED) is 0.707. The second-order valence-corrected chi connectivity index (χ2v) is 4.89. The highest BCUT2D eigenvalue weighted by atomic mass is 19.2. The van der Waals surface area contributed by atoms with Crippen molar-refractivity contribution in [2.75, 3.05) is 0 Å². The average Bonchev–Trinajstić information content (AvgIpc) is 2.87. The Kier molecular flexibility index (Phi) is 3.29. The van der Waals surface area contributed by atoms with E-state index in [0.717, 1.165) is 41.3 Å². The van der Waals surface area contributed by atoms with Gasteiger partial charge in [-0.2, -0.15) is 0 Å². The molecule has 0 saturated carbocycles. The number of nitrogens with one attached hydrogen (secondary N) is 1. The third-order valence-corrected chi connectivity index (χ3v) is 3.64. The fourth-order valence-electron chi connectivity index (χ4n) is 2.48. The molecule has 0 amide bonds. The molecule has 1 heterocycles. The second-order valence-electron chi connectivity index (χ2n) is 4.89. The molecule has 0 radical (unpaired) electrons. The molecule has 2 nitrogen and oxygen atoms in total. The van der Waals surface area contributed by atoms with Gasteiger partial charge in [-0.1, -0.05) is 13.0 Å². The lowest BCUT2D eigenvalue weighted by Gasteiger charge is -2.01. The number of H-pyrrole nitrogens is 1. The molecule has 4 heteroatoms. The number of hydrogen-bond donors (Lipinski definition) is 1. The molecule has 0 atom stereocenters. The number of halogens is 2. The summed E-state index contributed by atoms with van der Waals surface area (Å²) in [4.78, 5) is 14.5. The molecular weight excluding hydrogens is 272 g/mol. The van der Waals surface area contributed by atoms with Crippen LogP contribution < -0.4 is 0 Å². The topological polar surface area (TPSA) is 32.9 Å². The van der Waals surface area contributed by atoms with Crippen LogP contribution in [0.5, 0.6) is 0 Å². The van der Waals surface area contributed by atoms with Crippen LogP contribution in [0.1, 0.15) is 22.8 Å². The number of benzene rings is 2. The largest absolute Gasteiger partial charge is 0.354 e. The highest BCUT2D eigenvalue weighted by Gasteiger charge is 2.14. The number of carbonyl (C=O) groups is 1. The average molecular weight is 285 g/mol. The van der Waals surface area contributed by atoms with E-state index in [9.17, 15) is 13.6 Å². The Bertz CT molecular complexity index is 836. The Morgan fingerprint density at radius 2 is 1.90 bits per heavy atom. The smallest absolute Gasteiger partial charge is 0.159 e. The van der Waals surface area contributed by atoms with Crippen molar-refractivity contribution in [1.29, 1.82) is 0 Å². The first-order chi connectivity index (χ1) is 10.1. The first kappa shape index (κ1) is 13.5. The summed E-state index contributed by atoms with van der Waals surface area (Å²) in [5.41, 5.74) is 3.33. The number of carbonyl (C=O) groups excluding carboxylic acids is 1. The fraction of sp³-hybridized carbons (Fsp3) is 0.118. The van der Waals surface area contributed by atoms with Crippen LogP contribution in [0.25, 0.3) is 22.2 Å². The summed E-state index contributed by atoms with van der Waals surface area (Å²) >= 11 is 0. The maximum absolute atomic E-state index is 13.4. The Morgan fingerprint density at radius 3 is 2.57 bits per heavy atom. The van der Waals surface area contributed by atoms with Crippen molar-refractivity contribution in [1.82, 2.24) is 4.98 Å². The van der Waals surface area contributed by atoms with E-state index in [0.29, 0.717) is 16.8 Å². The van der Waals surface area contributed by atoms with E-state index < -0.39 is 11.6 Å². The van der Waals surface area contributed by atoms with Gasteiger partial charge in [-0.3, -0.25) is 4.79 Å². The summed E-state index contributed by atoms with van der Waals surface area (Å²) in [6, 6.07) is 9.42. The maximum Gasteiger partial charge on any atom is 0.159 e. The lowest BCUT2D eigenvalue weighted by Crippen LogP contribution is -1.88. The minimum Gasteiger partial charge on any atom is -0.354 e. The molecule has 106 valence electrons. The summed E-state index contributed by atoms with van der Waals surface area (Å²) < 4.78 is 26.4. The van der Waals surface area contributed by atoms with Crippen LogP contribution in [0.3, 0.4) is 0 Å². The van der Waals surface area contributed by atoms with Gasteiger partial charge >= 0.3 is 0 Å². The molecule has 2 aromatic carbocycles. The summed E-state index contributed by atoms with van der Waals surface area (Å²) in [5, 5.41) is 0.795. The number of fused-ring (bicyclic) bond motifs is 1. The Morgan fingerprint density at radius 1 is 1.10 bits per heavy atom. The number of rotatable bonds is 3. The number of hydrogen-bond acceptors (Lipinski definition) is 1. The van der Waals surface area contributed by atoms with Gasteiger partial charge in [-0.25, -0.2) is 8.78 Å². The molecule has 3 rings (SSSR count). The van der Waals surface area contributed by atoms with E-state index in [1.807, 2.05) is 25.1 Å². The number of aromatic amines is 1. The van der Waals surface area contributed by atoms with E-state index in [1.165, 1.54) is 6.07 Å². The van der Waals surface area contributed by atoms with Crippen molar-refractivity contribution in [3.8, 4) is 11.3 Å². The number of aldehydes is 1. The molecule has 3 aromatic rings. The van der Waals surface area contributed by atoms with E-state index in [2.05, 4.69) is 4.98 Å². The van der Waals surface area contributed by atoms with Crippen molar-refractivity contribution in [2.24, 2.45) is 0 Å². The zero-order valence-corrected chi connectivity index (χ0v) is 11.4. The molecule has 0 spiro atoms. The summed E-state index contributed by atoms with van der Waals surface area (Å²) in [7, 11) is 0. The second kappa shape index (κ2) is 5.13. The molecule has 0 aliphatic carbocycles. The Labute approximate surface area is 120 Å². The minimum absolute atomic E-state index is 0.449. The molecule has 0 saturated heterocycles. The van der Waals surface area contributed by atoms with Crippen LogP contribution in [-0.4, -0.2) is 11.3 Å². The highest BCUT2D eigenvalue weighted by Crippen LogP contribution is 2.30. The van der Waals surface area contributed by atoms with Gasteiger partial charge in [0.2, 0.25) is 0 Å². The molecule has 21 heavy (non-hydrogen) atoms. The number of aryl methyl sites for hydroxylation is 1. The zero-order valence-electron chi connectivity index (χ0n) is 11.4. The van der Waals surface area contributed by atoms with Gasteiger partial charge in [0.1, 0.15) is 0 Å². The van der Waals surface area contributed by atoms with Crippen LogP contribution in [-0.2, 0) is 6.42 Å². The van der Waals surface area contributed by atoms with Gasteiger partial charge in [-0.15, -0.1) is 0 Å². The van der Waals surface area contributed by atoms with Gasteiger partial charge in [0.05, 0.1) is 5.69 Å². The van der Waals surface area contributed by atoms with Crippen molar-refractivity contribution in [3.05, 3.63) is 59.2 Å². The van der Waals surface area contributed by atoms with Crippen LogP contribution in [0, 0.1) is 11.6 Å². The molecular formula is C17H13F2NO. The molecule has 0 aliphatic heterocycles. The van der Waals surface area contributed by atoms with Crippen LogP contribution in [0.4, 0.5) is 8.78 Å². The van der Waals surface area contributed by atoms with E-state index in [-0.39, 0.29) is 0 Å².